The van der Waals surface area contributed by atoms with E-state index in [0.717, 1.165) is 11.1 Å². The third-order valence-electron chi connectivity index (χ3n) is 3.06. The molecule has 0 radical (unpaired) electrons. The number of H-pyrrole nitrogens is 2. The Kier molecular flexibility index (Phi) is 5.48. The number of hydrogen-bond acceptors (Lipinski definition) is 7. The lowest BCUT2D eigenvalue weighted by Crippen LogP contribution is -2.10. The highest BCUT2D eigenvalue weighted by molar-refractivity contribution is 7.79. The van der Waals surface area contributed by atoms with Gasteiger partial charge in [-0.05, 0) is 11.1 Å². The fourth-order valence-corrected chi connectivity index (χ4v) is 2.04. The minimum atomic E-state index is -4.67. The molecule has 12 heteroatoms. The maximum absolute atomic E-state index is 11.7. The summed E-state index contributed by atoms with van der Waals surface area (Å²) < 4.78 is 31.6. The normalized spacial score (nSPS) is 11.2. The van der Waals surface area contributed by atoms with Crippen molar-refractivity contribution in [3.63, 3.8) is 0 Å². The summed E-state index contributed by atoms with van der Waals surface area (Å²) in [7, 11) is -4.67. The lowest BCUT2D eigenvalue weighted by atomic mass is 10.1. The lowest BCUT2D eigenvalue weighted by Gasteiger charge is -2.00. The first-order valence-electron chi connectivity index (χ1n) is 6.88. The Morgan fingerprint density at radius 1 is 1.04 bits per heavy atom. The number of aromatic amines is 2. The molecule has 8 N–H and O–H groups in total. The zero-order valence-corrected chi connectivity index (χ0v) is 13.6. The van der Waals surface area contributed by atoms with Gasteiger partial charge in [0.15, 0.2) is 11.2 Å². The first kappa shape index (κ1) is 18.5. The van der Waals surface area contributed by atoms with Crippen molar-refractivity contribution < 1.29 is 17.5 Å². The number of nitrogen functional groups attached to an aromatic ring is 1. The molecule has 0 atom stereocenters. The third-order valence-corrected chi connectivity index (χ3v) is 3.06. The molecular formula is C13H16N6O5S. The number of benzene rings is 1. The fourth-order valence-electron chi connectivity index (χ4n) is 2.04. The molecule has 0 saturated carbocycles. The largest absolute Gasteiger partial charge is 0.394 e. The topological polar surface area (TPSA) is 201 Å². The van der Waals surface area contributed by atoms with Crippen LogP contribution in [0.4, 0.5) is 5.95 Å². The summed E-state index contributed by atoms with van der Waals surface area (Å²) in [5.74, 6) is 0.733. The number of imidazole rings is 1. The van der Waals surface area contributed by atoms with Crippen molar-refractivity contribution >= 4 is 27.5 Å². The fraction of sp³-hybridized carbons (Fsp3) is 0.154. The maximum Gasteiger partial charge on any atom is 0.394 e. The zero-order valence-electron chi connectivity index (χ0n) is 12.8. The second-order valence-corrected chi connectivity index (χ2v) is 5.87. The van der Waals surface area contributed by atoms with Gasteiger partial charge in [-0.3, -0.25) is 18.9 Å². The summed E-state index contributed by atoms with van der Waals surface area (Å²) in [6.45, 7) is 0.517. The molecule has 2 heterocycles. The summed E-state index contributed by atoms with van der Waals surface area (Å²) in [6, 6.07) is 7.92. The van der Waals surface area contributed by atoms with E-state index in [4.69, 9.17) is 29.0 Å². The van der Waals surface area contributed by atoms with Gasteiger partial charge in [-0.25, -0.2) is 4.98 Å². The molecule has 11 nitrogen and oxygen atoms in total. The van der Waals surface area contributed by atoms with Crippen molar-refractivity contribution in [2.24, 2.45) is 5.73 Å². The van der Waals surface area contributed by atoms with Gasteiger partial charge in [-0.2, -0.15) is 13.4 Å². The molecule has 1 aromatic carbocycles. The number of rotatable bonds is 3. The Morgan fingerprint density at radius 2 is 1.60 bits per heavy atom. The highest BCUT2D eigenvalue weighted by Gasteiger charge is 2.09. The molecule has 25 heavy (non-hydrogen) atoms. The van der Waals surface area contributed by atoms with Crippen LogP contribution >= 0.6 is 0 Å². The SMILES string of the molecule is NCc1ccc(Cc2nc3nc(N)[nH]c(=O)c3[nH]2)cc1.O=S(=O)(O)O. The van der Waals surface area contributed by atoms with Crippen LogP contribution in [0.1, 0.15) is 17.0 Å². The van der Waals surface area contributed by atoms with Crippen LogP contribution in [-0.4, -0.2) is 37.5 Å². The Hall–Kier alpha value is -2.80. The van der Waals surface area contributed by atoms with Gasteiger partial charge in [-0.1, -0.05) is 24.3 Å². The van der Waals surface area contributed by atoms with Gasteiger partial charge in [0.25, 0.3) is 5.56 Å². The second-order valence-electron chi connectivity index (χ2n) is 4.98. The molecule has 0 unspecified atom stereocenters. The van der Waals surface area contributed by atoms with Gasteiger partial charge >= 0.3 is 10.4 Å². The van der Waals surface area contributed by atoms with Crippen LogP contribution in [-0.2, 0) is 23.4 Å². The predicted octanol–water partition coefficient (Wildman–Crippen LogP) is -0.375. The Labute approximate surface area is 141 Å². The van der Waals surface area contributed by atoms with E-state index in [1.54, 1.807) is 0 Å². The van der Waals surface area contributed by atoms with E-state index in [1.165, 1.54) is 0 Å². The van der Waals surface area contributed by atoms with Crippen molar-refractivity contribution in [3.05, 3.63) is 51.6 Å². The monoisotopic (exact) mass is 368 g/mol. The van der Waals surface area contributed by atoms with Crippen molar-refractivity contribution in [3.8, 4) is 0 Å². The van der Waals surface area contributed by atoms with Crippen molar-refractivity contribution in [2.75, 3.05) is 5.73 Å². The van der Waals surface area contributed by atoms with Gasteiger partial charge < -0.3 is 16.5 Å². The van der Waals surface area contributed by atoms with Gasteiger partial charge in [0.05, 0.1) is 0 Å². The number of hydrogen-bond donors (Lipinski definition) is 6. The Bertz CT molecular complexity index is 1020. The van der Waals surface area contributed by atoms with Crippen LogP contribution in [0.3, 0.4) is 0 Å². The number of nitrogens with zero attached hydrogens (tertiary/aromatic N) is 2. The van der Waals surface area contributed by atoms with Crippen molar-refractivity contribution in [1.82, 2.24) is 19.9 Å². The standard InChI is InChI=1S/C13H14N6O.H2O4S/c14-6-8-3-1-7(2-4-8)5-9-16-10-11(17-9)18-13(15)19-12(10)20;1-5(2,3)4/h1-4H,5-6,14H2,(H4,15,16,17,18,19,20);(H2,1,2,3,4). The predicted molar refractivity (Wildman–Crippen MR) is 90.2 cm³/mol. The van der Waals surface area contributed by atoms with Gasteiger partial charge in [0, 0.05) is 13.0 Å². The summed E-state index contributed by atoms with van der Waals surface area (Å²) in [4.78, 5) is 25.4. The van der Waals surface area contributed by atoms with E-state index < -0.39 is 10.4 Å². The Morgan fingerprint density at radius 3 is 2.16 bits per heavy atom. The molecule has 0 spiro atoms. The number of nitrogens with one attached hydrogen (secondary N) is 2. The highest BCUT2D eigenvalue weighted by Crippen LogP contribution is 2.11. The van der Waals surface area contributed by atoms with Crippen LogP contribution in [0.25, 0.3) is 11.2 Å². The van der Waals surface area contributed by atoms with E-state index in [9.17, 15) is 4.79 Å². The number of fused-ring (bicyclic) bond motifs is 1. The minimum Gasteiger partial charge on any atom is -0.369 e. The van der Waals surface area contributed by atoms with E-state index in [-0.39, 0.29) is 11.5 Å². The molecule has 0 aliphatic heterocycles. The van der Waals surface area contributed by atoms with Crippen LogP contribution in [0, 0.1) is 0 Å². The first-order valence-corrected chi connectivity index (χ1v) is 8.27. The number of aromatic nitrogens is 4. The summed E-state index contributed by atoms with van der Waals surface area (Å²) in [6.07, 6.45) is 0.584. The molecule has 0 fully saturated rings. The average Bonchev–Trinajstić information content (AvgIpc) is 2.89. The zero-order chi connectivity index (χ0) is 18.6. The van der Waals surface area contributed by atoms with Crippen LogP contribution in [0.15, 0.2) is 29.1 Å². The quantitative estimate of drug-likeness (QED) is 0.333. The lowest BCUT2D eigenvalue weighted by molar-refractivity contribution is 0.381. The van der Waals surface area contributed by atoms with E-state index in [0.29, 0.717) is 30.0 Å². The van der Waals surface area contributed by atoms with E-state index in [2.05, 4.69) is 19.9 Å². The van der Waals surface area contributed by atoms with Gasteiger partial charge in [-0.15, -0.1) is 0 Å². The highest BCUT2D eigenvalue weighted by atomic mass is 32.3. The smallest absolute Gasteiger partial charge is 0.369 e. The molecule has 0 aliphatic rings. The van der Waals surface area contributed by atoms with E-state index in [1.807, 2.05) is 24.3 Å². The number of nitrogens with two attached hydrogens (primary N) is 2. The summed E-state index contributed by atoms with van der Waals surface area (Å²) >= 11 is 0. The van der Waals surface area contributed by atoms with Crippen LogP contribution < -0.4 is 17.0 Å². The second kappa shape index (κ2) is 7.40. The molecule has 2 aromatic heterocycles. The van der Waals surface area contributed by atoms with Crippen molar-refractivity contribution in [1.29, 1.82) is 0 Å². The summed E-state index contributed by atoms with van der Waals surface area (Å²) in [5.41, 5.74) is 13.6. The molecule has 0 saturated heterocycles. The third kappa shape index (κ3) is 5.65. The molecule has 0 amide bonds. The maximum atomic E-state index is 11.7. The molecule has 0 bridgehead atoms. The average molecular weight is 368 g/mol. The number of anilines is 1. The molecule has 0 aliphatic carbocycles. The minimum absolute atomic E-state index is 0.0628. The Balaban J connectivity index is 0.000000399. The van der Waals surface area contributed by atoms with Crippen molar-refractivity contribution in [2.45, 2.75) is 13.0 Å². The molecular weight excluding hydrogens is 352 g/mol. The molecule has 3 aromatic rings. The molecule has 3 rings (SSSR count). The van der Waals surface area contributed by atoms with Crippen LogP contribution in [0.5, 0.6) is 0 Å². The summed E-state index contributed by atoms with van der Waals surface area (Å²) in [5, 5.41) is 0. The van der Waals surface area contributed by atoms with Gasteiger partial charge in [0.2, 0.25) is 5.95 Å². The van der Waals surface area contributed by atoms with Crippen LogP contribution in [0.2, 0.25) is 0 Å². The first-order chi connectivity index (χ1) is 11.7. The van der Waals surface area contributed by atoms with Gasteiger partial charge in [0.1, 0.15) is 5.82 Å². The van der Waals surface area contributed by atoms with E-state index >= 15 is 0 Å². The molecule has 134 valence electrons.